The summed E-state index contributed by atoms with van der Waals surface area (Å²) in [5, 5.41) is 17.9. The molecule has 3 aromatic rings. The Labute approximate surface area is 238 Å². The Hall–Kier alpha value is -2.89. The molecule has 0 unspecified atom stereocenters. The number of imide groups is 1. The van der Waals surface area contributed by atoms with E-state index in [0.29, 0.717) is 21.8 Å². The zero-order valence-corrected chi connectivity index (χ0v) is 23.5. The quantitative estimate of drug-likeness (QED) is 0.226. The molecule has 0 aliphatic carbocycles. The predicted octanol–water partition coefficient (Wildman–Crippen LogP) is 6.28. The van der Waals surface area contributed by atoms with Gasteiger partial charge in [0.2, 0.25) is 0 Å². The zero-order chi connectivity index (χ0) is 25.8. The van der Waals surface area contributed by atoms with Crippen molar-refractivity contribution in [1.29, 1.82) is 5.26 Å². The summed E-state index contributed by atoms with van der Waals surface area (Å²) in [5.41, 5.74) is 2.85. The number of aromatic carboxylic acids is 1. The van der Waals surface area contributed by atoms with Gasteiger partial charge >= 0.3 is 5.97 Å². The topological polar surface area (TPSA) is 108 Å². The number of nitriles is 1. The third-order valence-corrected chi connectivity index (χ3v) is 7.75. The number of halogens is 2. The summed E-state index contributed by atoms with van der Waals surface area (Å²) in [4.78, 5) is 38.0. The SMILES string of the molecule is N#Cc1ccccc1CN1C(=O)S/C(=C/c2cc(I)c(OCc3ccc(C(=O)O)cc3)c(I)c2)C1=O. The maximum Gasteiger partial charge on any atom is 0.335 e. The van der Waals surface area contributed by atoms with Crippen molar-refractivity contribution in [2.75, 3.05) is 0 Å². The third-order valence-electron chi connectivity index (χ3n) is 5.24. The summed E-state index contributed by atoms with van der Waals surface area (Å²) in [7, 11) is 0. The normalized spacial score (nSPS) is 14.2. The molecular formula is C26H16I2N2O5S. The van der Waals surface area contributed by atoms with Gasteiger partial charge in [-0.25, -0.2) is 4.79 Å². The fraction of sp³-hybridized carbons (Fsp3) is 0.0769. The van der Waals surface area contributed by atoms with E-state index in [1.54, 1.807) is 42.5 Å². The van der Waals surface area contributed by atoms with Crippen molar-refractivity contribution in [1.82, 2.24) is 4.90 Å². The van der Waals surface area contributed by atoms with Crippen LogP contribution in [0.1, 0.15) is 32.6 Å². The van der Waals surface area contributed by atoms with E-state index in [4.69, 9.17) is 9.84 Å². The molecule has 1 fully saturated rings. The van der Waals surface area contributed by atoms with Crippen molar-refractivity contribution in [2.45, 2.75) is 13.2 Å². The van der Waals surface area contributed by atoms with Gasteiger partial charge in [0.1, 0.15) is 12.4 Å². The van der Waals surface area contributed by atoms with Crippen LogP contribution in [0.3, 0.4) is 0 Å². The van der Waals surface area contributed by atoms with Gasteiger partial charge in [-0.2, -0.15) is 5.26 Å². The van der Waals surface area contributed by atoms with Crippen LogP contribution in [0.5, 0.6) is 5.75 Å². The van der Waals surface area contributed by atoms with Gasteiger partial charge < -0.3 is 9.84 Å². The molecule has 2 amide bonds. The van der Waals surface area contributed by atoms with Crippen LogP contribution in [0.25, 0.3) is 6.08 Å². The number of rotatable bonds is 7. The van der Waals surface area contributed by atoms with Gasteiger partial charge in [0, 0.05) is 0 Å². The molecule has 1 aliphatic rings. The van der Waals surface area contributed by atoms with Crippen molar-refractivity contribution in [3.63, 3.8) is 0 Å². The lowest BCUT2D eigenvalue weighted by atomic mass is 10.1. The Morgan fingerprint density at radius 2 is 1.75 bits per heavy atom. The van der Waals surface area contributed by atoms with E-state index in [0.717, 1.165) is 34.9 Å². The lowest BCUT2D eigenvalue weighted by Gasteiger charge is -2.13. The van der Waals surface area contributed by atoms with Crippen LogP contribution in [0.4, 0.5) is 4.79 Å². The molecule has 180 valence electrons. The van der Waals surface area contributed by atoms with Crippen molar-refractivity contribution >= 4 is 80.1 Å². The minimum Gasteiger partial charge on any atom is -0.487 e. The number of amides is 2. The molecule has 7 nitrogen and oxygen atoms in total. The van der Waals surface area contributed by atoms with Crippen LogP contribution in [-0.2, 0) is 17.9 Å². The molecule has 0 saturated carbocycles. The van der Waals surface area contributed by atoms with Crippen molar-refractivity contribution in [3.8, 4) is 11.8 Å². The van der Waals surface area contributed by atoms with Crippen molar-refractivity contribution < 1.29 is 24.2 Å². The van der Waals surface area contributed by atoms with Crippen LogP contribution in [0, 0.1) is 18.5 Å². The standard InChI is InChI=1S/C26H16I2N2O5S/c27-20-9-16(10-21(28)23(20)35-14-15-5-7-17(8-6-15)25(32)33)11-22-24(31)30(26(34)36-22)13-19-4-2-1-3-18(19)12-29/h1-11H,13-14H2,(H,32,33)/b22-11+. The number of carbonyl (C=O) groups excluding carboxylic acids is 2. The van der Waals surface area contributed by atoms with Gasteiger partial charge in [0.15, 0.2) is 0 Å². The molecule has 1 aliphatic heterocycles. The molecule has 1 heterocycles. The number of thioether (sulfide) groups is 1. The summed E-state index contributed by atoms with van der Waals surface area (Å²) in [6.07, 6.45) is 1.68. The van der Waals surface area contributed by atoms with Gasteiger partial charge in [-0.15, -0.1) is 0 Å². The highest BCUT2D eigenvalue weighted by molar-refractivity contribution is 14.1. The highest BCUT2D eigenvalue weighted by Gasteiger charge is 2.35. The summed E-state index contributed by atoms with van der Waals surface area (Å²) in [6.45, 7) is 0.315. The second-order valence-electron chi connectivity index (χ2n) is 7.64. The van der Waals surface area contributed by atoms with E-state index in [1.165, 1.54) is 12.1 Å². The summed E-state index contributed by atoms with van der Waals surface area (Å²) >= 11 is 5.18. The molecule has 0 radical (unpaired) electrons. The van der Waals surface area contributed by atoms with E-state index >= 15 is 0 Å². The van der Waals surface area contributed by atoms with Gasteiger partial charge in [-0.3, -0.25) is 14.5 Å². The summed E-state index contributed by atoms with van der Waals surface area (Å²) in [6, 6.07) is 19.2. The van der Waals surface area contributed by atoms with Gasteiger partial charge in [0.25, 0.3) is 11.1 Å². The molecule has 10 heteroatoms. The highest BCUT2D eigenvalue weighted by atomic mass is 127. The third kappa shape index (κ3) is 5.91. The Balaban J connectivity index is 1.49. The summed E-state index contributed by atoms with van der Waals surface area (Å²) < 4.78 is 7.64. The maximum absolute atomic E-state index is 13.0. The first-order valence-corrected chi connectivity index (χ1v) is 13.4. The van der Waals surface area contributed by atoms with Gasteiger partial charge in [-0.1, -0.05) is 30.3 Å². The lowest BCUT2D eigenvalue weighted by molar-refractivity contribution is -0.123. The molecule has 1 saturated heterocycles. The van der Waals surface area contributed by atoms with Gasteiger partial charge in [0.05, 0.1) is 35.8 Å². The minimum atomic E-state index is -0.980. The van der Waals surface area contributed by atoms with E-state index in [-0.39, 0.29) is 24.0 Å². The highest BCUT2D eigenvalue weighted by Crippen LogP contribution is 2.36. The monoisotopic (exact) mass is 722 g/mol. The van der Waals surface area contributed by atoms with Crippen molar-refractivity contribution in [3.05, 3.63) is 101 Å². The molecule has 0 atom stereocenters. The van der Waals surface area contributed by atoms with Crippen LogP contribution in [-0.4, -0.2) is 27.1 Å². The first kappa shape index (κ1) is 26.2. The average Bonchev–Trinajstić information content (AvgIpc) is 3.11. The number of carboxylic acids is 1. The molecule has 1 N–H and O–H groups in total. The van der Waals surface area contributed by atoms with Crippen LogP contribution in [0.15, 0.2) is 65.6 Å². The Morgan fingerprint density at radius 1 is 1.08 bits per heavy atom. The smallest absolute Gasteiger partial charge is 0.335 e. The lowest BCUT2D eigenvalue weighted by Crippen LogP contribution is -2.27. The number of nitrogens with zero attached hydrogens (tertiary/aromatic N) is 2. The van der Waals surface area contributed by atoms with E-state index in [2.05, 4.69) is 51.3 Å². The zero-order valence-electron chi connectivity index (χ0n) is 18.4. The predicted molar refractivity (Wildman–Crippen MR) is 152 cm³/mol. The van der Waals surface area contributed by atoms with Crippen LogP contribution < -0.4 is 4.74 Å². The molecule has 4 rings (SSSR count). The maximum atomic E-state index is 13.0. The molecule has 3 aromatic carbocycles. The van der Waals surface area contributed by atoms with Crippen molar-refractivity contribution in [2.24, 2.45) is 0 Å². The Morgan fingerprint density at radius 3 is 2.39 bits per heavy atom. The number of carbonyl (C=O) groups is 3. The molecule has 36 heavy (non-hydrogen) atoms. The van der Waals surface area contributed by atoms with E-state index in [9.17, 15) is 19.6 Å². The second-order valence-corrected chi connectivity index (χ2v) is 11.0. The number of hydrogen-bond donors (Lipinski definition) is 1. The first-order valence-electron chi connectivity index (χ1n) is 10.4. The van der Waals surface area contributed by atoms with Crippen LogP contribution in [0.2, 0.25) is 0 Å². The number of carboxylic acid groups (broad SMARTS) is 1. The fourth-order valence-corrected chi connectivity index (χ4v) is 6.39. The largest absolute Gasteiger partial charge is 0.487 e. The Kier molecular flexibility index (Phi) is 8.32. The Bertz CT molecular complexity index is 1420. The molecule has 0 spiro atoms. The average molecular weight is 722 g/mol. The first-order chi connectivity index (χ1) is 17.3. The summed E-state index contributed by atoms with van der Waals surface area (Å²) in [5.74, 6) is -0.697. The van der Waals surface area contributed by atoms with E-state index in [1.807, 2.05) is 12.1 Å². The molecular weight excluding hydrogens is 706 g/mol. The molecule has 0 bridgehead atoms. The van der Waals surface area contributed by atoms with Gasteiger partial charge in [-0.05, 0) is 110 Å². The second kappa shape index (κ2) is 11.4. The van der Waals surface area contributed by atoms with E-state index < -0.39 is 11.9 Å². The van der Waals surface area contributed by atoms with Crippen LogP contribution >= 0.6 is 56.9 Å². The fourth-order valence-electron chi connectivity index (χ4n) is 3.43. The minimum absolute atomic E-state index is 0.0427. The number of ether oxygens (including phenoxy) is 1. The number of hydrogen-bond acceptors (Lipinski definition) is 6. The molecule has 0 aromatic heterocycles. The number of benzene rings is 3.